The van der Waals surface area contributed by atoms with Crippen molar-refractivity contribution in [3.63, 3.8) is 0 Å². The summed E-state index contributed by atoms with van der Waals surface area (Å²) in [5.41, 5.74) is 3.48. The smallest absolute Gasteiger partial charge is 0.287 e. The Morgan fingerprint density at radius 2 is 1.70 bits per heavy atom. The highest BCUT2D eigenvalue weighted by Crippen LogP contribution is 2.19. The molecule has 3 rings (SSSR count). The van der Waals surface area contributed by atoms with Crippen LogP contribution in [0.2, 0.25) is 0 Å². The Morgan fingerprint density at radius 3 is 2.37 bits per heavy atom. The number of rotatable bonds is 5. The predicted molar refractivity (Wildman–Crippen MR) is 107 cm³/mol. The van der Waals surface area contributed by atoms with Crippen molar-refractivity contribution < 1.29 is 9.21 Å². The molecule has 0 bridgehead atoms. The third-order valence-electron chi connectivity index (χ3n) is 4.65. The number of benzene rings is 2. The van der Waals surface area contributed by atoms with Crippen LogP contribution in [0.3, 0.4) is 0 Å². The number of hydrogen-bond donors (Lipinski definition) is 1. The van der Waals surface area contributed by atoms with Crippen molar-refractivity contribution in [3.8, 4) is 0 Å². The van der Waals surface area contributed by atoms with Crippen LogP contribution in [0, 0.1) is 13.8 Å². The van der Waals surface area contributed by atoms with Crippen molar-refractivity contribution >= 4 is 16.9 Å². The molecule has 5 heteroatoms. The molecule has 1 atom stereocenters. The third kappa shape index (κ3) is 4.26. The van der Waals surface area contributed by atoms with E-state index < -0.39 is 5.91 Å². The molecule has 0 fully saturated rings. The molecule has 5 nitrogen and oxygen atoms in total. The zero-order valence-electron chi connectivity index (χ0n) is 16.1. The Balaban J connectivity index is 1.81. The van der Waals surface area contributed by atoms with E-state index >= 15 is 0 Å². The zero-order valence-corrected chi connectivity index (χ0v) is 16.1. The quantitative estimate of drug-likeness (QED) is 0.753. The summed E-state index contributed by atoms with van der Waals surface area (Å²) >= 11 is 0. The summed E-state index contributed by atoms with van der Waals surface area (Å²) in [6, 6.07) is 14.8. The maximum absolute atomic E-state index is 12.6. The van der Waals surface area contributed by atoms with Crippen molar-refractivity contribution in [2.45, 2.75) is 19.9 Å². The van der Waals surface area contributed by atoms with Gasteiger partial charge in [-0.3, -0.25) is 9.59 Å². The Kier molecular flexibility index (Phi) is 5.42. The van der Waals surface area contributed by atoms with Gasteiger partial charge in [-0.25, -0.2) is 0 Å². The highest BCUT2D eigenvalue weighted by Gasteiger charge is 2.18. The number of carbonyl (C=O) groups is 1. The molecule has 0 spiro atoms. The van der Waals surface area contributed by atoms with Gasteiger partial charge in [-0.2, -0.15) is 0 Å². The number of likely N-dealkylation sites (N-methyl/N-ethyl adjacent to an activating group) is 1. The van der Waals surface area contributed by atoms with Crippen LogP contribution < -0.4 is 10.7 Å². The maximum atomic E-state index is 12.6. The van der Waals surface area contributed by atoms with E-state index in [1.54, 1.807) is 12.1 Å². The van der Waals surface area contributed by atoms with Crippen LogP contribution >= 0.6 is 0 Å². The fraction of sp³-hybridized carbons (Fsp3) is 0.273. The van der Waals surface area contributed by atoms with Crippen molar-refractivity contribution in [1.29, 1.82) is 0 Å². The lowest BCUT2D eigenvalue weighted by atomic mass is 10.0. The van der Waals surface area contributed by atoms with Gasteiger partial charge in [0.05, 0.1) is 11.4 Å². The highest BCUT2D eigenvalue weighted by atomic mass is 16.3. The fourth-order valence-electron chi connectivity index (χ4n) is 3.04. The average molecular weight is 364 g/mol. The maximum Gasteiger partial charge on any atom is 0.287 e. The predicted octanol–water partition coefficient (Wildman–Crippen LogP) is 3.44. The topological polar surface area (TPSA) is 62.6 Å². The molecular weight excluding hydrogens is 340 g/mol. The Hall–Kier alpha value is -2.92. The Bertz CT molecular complexity index is 1020. The summed E-state index contributed by atoms with van der Waals surface area (Å²) < 4.78 is 5.67. The number of amides is 1. The van der Waals surface area contributed by atoms with Gasteiger partial charge in [-0.15, -0.1) is 0 Å². The van der Waals surface area contributed by atoms with Gasteiger partial charge in [-0.05, 0) is 51.2 Å². The summed E-state index contributed by atoms with van der Waals surface area (Å²) in [6.45, 7) is 4.36. The van der Waals surface area contributed by atoms with Gasteiger partial charge >= 0.3 is 0 Å². The van der Waals surface area contributed by atoms with Crippen LogP contribution in [0.25, 0.3) is 11.0 Å². The average Bonchev–Trinajstić information content (AvgIpc) is 2.62. The van der Waals surface area contributed by atoms with Gasteiger partial charge < -0.3 is 14.6 Å². The molecule has 0 unspecified atom stereocenters. The first-order chi connectivity index (χ1) is 12.8. The second kappa shape index (κ2) is 7.76. The van der Waals surface area contributed by atoms with Crippen LogP contribution in [0.1, 0.15) is 33.3 Å². The van der Waals surface area contributed by atoms with Crippen LogP contribution in [0.5, 0.6) is 0 Å². The van der Waals surface area contributed by atoms with Gasteiger partial charge in [0, 0.05) is 12.6 Å². The van der Waals surface area contributed by atoms with Gasteiger partial charge in [0.15, 0.2) is 11.2 Å². The molecule has 2 aromatic carbocycles. The van der Waals surface area contributed by atoms with E-state index in [4.69, 9.17) is 4.42 Å². The minimum absolute atomic E-state index is 0.0176. The van der Waals surface area contributed by atoms with Gasteiger partial charge in [0.1, 0.15) is 5.58 Å². The van der Waals surface area contributed by atoms with Gasteiger partial charge in [0.25, 0.3) is 5.91 Å². The minimum Gasteiger partial charge on any atom is -0.451 e. The van der Waals surface area contributed by atoms with Crippen LogP contribution in [0.15, 0.2) is 57.7 Å². The highest BCUT2D eigenvalue weighted by molar-refractivity contribution is 5.93. The third-order valence-corrected chi connectivity index (χ3v) is 4.65. The largest absolute Gasteiger partial charge is 0.451 e. The van der Waals surface area contributed by atoms with Crippen molar-refractivity contribution in [3.05, 3.63) is 81.2 Å². The van der Waals surface area contributed by atoms with Gasteiger partial charge in [0.2, 0.25) is 0 Å². The van der Waals surface area contributed by atoms with E-state index in [0.29, 0.717) is 17.5 Å². The van der Waals surface area contributed by atoms with Crippen LogP contribution in [-0.2, 0) is 0 Å². The van der Waals surface area contributed by atoms with E-state index in [-0.39, 0.29) is 17.2 Å². The van der Waals surface area contributed by atoms with Crippen LogP contribution in [-0.4, -0.2) is 31.4 Å². The first-order valence-corrected chi connectivity index (χ1v) is 8.91. The molecule has 3 aromatic rings. The lowest BCUT2D eigenvalue weighted by Crippen LogP contribution is -2.34. The van der Waals surface area contributed by atoms with E-state index in [0.717, 1.165) is 11.1 Å². The molecule has 0 saturated heterocycles. The number of hydrogen-bond acceptors (Lipinski definition) is 4. The molecule has 1 aromatic heterocycles. The molecular formula is C22H24N2O3. The summed E-state index contributed by atoms with van der Waals surface area (Å²) in [6.07, 6.45) is 0. The van der Waals surface area contributed by atoms with Crippen molar-refractivity contribution in [1.82, 2.24) is 10.2 Å². The second-order valence-electron chi connectivity index (χ2n) is 7.07. The van der Waals surface area contributed by atoms with E-state index in [1.165, 1.54) is 11.6 Å². The van der Waals surface area contributed by atoms with Gasteiger partial charge in [-0.1, -0.05) is 35.9 Å². The van der Waals surface area contributed by atoms with Crippen molar-refractivity contribution in [2.24, 2.45) is 0 Å². The molecule has 140 valence electrons. The lowest BCUT2D eigenvalue weighted by molar-refractivity contribution is 0.0914. The summed E-state index contributed by atoms with van der Waals surface area (Å²) in [5, 5.41) is 3.36. The summed E-state index contributed by atoms with van der Waals surface area (Å²) in [5.74, 6) is -0.367. The fourth-order valence-corrected chi connectivity index (χ4v) is 3.04. The molecule has 0 aliphatic rings. The molecule has 0 aliphatic heterocycles. The van der Waals surface area contributed by atoms with Crippen LogP contribution in [0.4, 0.5) is 0 Å². The normalized spacial score (nSPS) is 12.3. The molecule has 0 radical (unpaired) electrons. The van der Waals surface area contributed by atoms with E-state index in [1.807, 2.05) is 38.9 Å². The molecule has 0 saturated carbocycles. The first-order valence-electron chi connectivity index (χ1n) is 8.91. The second-order valence-corrected chi connectivity index (χ2v) is 7.07. The summed E-state index contributed by atoms with van der Waals surface area (Å²) in [7, 11) is 3.94. The molecule has 0 aliphatic carbocycles. The summed E-state index contributed by atoms with van der Waals surface area (Å²) in [4.78, 5) is 26.9. The molecule has 1 heterocycles. The van der Waals surface area contributed by atoms with Crippen molar-refractivity contribution in [2.75, 3.05) is 20.6 Å². The number of fused-ring (bicyclic) bond motifs is 1. The Morgan fingerprint density at radius 1 is 1.04 bits per heavy atom. The minimum atomic E-state index is -0.394. The lowest BCUT2D eigenvalue weighted by Gasteiger charge is -2.25. The number of nitrogens with one attached hydrogen (secondary N) is 1. The Labute approximate surface area is 158 Å². The van der Waals surface area contributed by atoms with E-state index in [9.17, 15) is 9.59 Å². The monoisotopic (exact) mass is 364 g/mol. The first kappa shape index (κ1) is 18.9. The van der Waals surface area contributed by atoms with E-state index in [2.05, 4.69) is 29.6 Å². The molecule has 1 amide bonds. The molecule has 1 N–H and O–H groups in total. The number of aryl methyl sites for hydroxylation is 2. The number of nitrogens with zero attached hydrogens (tertiary/aromatic N) is 1. The zero-order chi connectivity index (χ0) is 19.6. The molecule has 27 heavy (non-hydrogen) atoms. The number of carbonyl (C=O) groups excluding carboxylic acids is 1. The SMILES string of the molecule is Cc1ccc([C@@H](CNC(=O)c2cc(=O)c3ccc(C)cc3o2)N(C)C)cc1. The standard InChI is InChI=1S/C22H24N2O3/c1-14-5-8-16(9-6-14)18(24(3)4)13-23-22(26)21-12-19(25)17-10-7-15(2)11-20(17)27-21/h5-12,18H,13H2,1-4H3,(H,23,26)/t18-/m1/s1.